The minimum Gasteiger partial charge on any atom is -0.492 e. The summed E-state index contributed by atoms with van der Waals surface area (Å²) in [6, 6.07) is 10.3. The molecule has 0 amide bonds. The maximum absolute atomic E-state index is 6.14. The second-order valence-electron chi connectivity index (χ2n) is 6.64. The van der Waals surface area contributed by atoms with Gasteiger partial charge >= 0.3 is 0 Å². The lowest BCUT2D eigenvalue weighted by molar-refractivity contribution is 0.340. The van der Waals surface area contributed by atoms with Gasteiger partial charge in [-0.3, -0.25) is 4.98 Å². The highest BCUT2D eigenvalue weighted by Crippen LogP contribution is 2.47. The summed E-state index contributed by atoms with van der Waals surface area (Å²) in [6.07, 6.45) is 3.68. The molecule has 5 rings (SSSR count). The molecule has 0 radical (unpaired) electrons. The van der Waals surface area contributed by atoms with Crippen LogP contribution in [0.4, 0.5) is 11.8 Å². The third kappa shape index (κ3) is 2.02. The van der Waals surface area contributed by atoms with Gasteiger partial charge in [0.1, 0.15) is 11.6 Å². The van der Waals surface area contributed by atoms with E-state index < -0.39 is 0 Å². The van der Waals surface area contributed by atoms with E-state index in [1.807, 2.05) is 30.6 Å². The Morgan fingerprint density at radius 1 is 1.12 bits per heavy atom. The van der Waals surface area contributed by atoms with E-state index in [4.69, 9.17) is 16.2 Å². The van der Waals surface area contributed by atoms with Gasteiger partial charge in [0.15, 0.2) is 0 Å². The Balaban J connectivity index is 1.93. The van der Waals surface area contributed by atoms with Gasteiger partial charge < -0.3 is 16.2 Å². The Kier molecular flexibility index (Phi) is 3.03. The van der Waals surface area contributed by atoms with Crippen LogP contribution in [-0.2, 0) is 0 Å². The van der Waals surface area contributed by atoms with Crippen LogP contribution in [0.25, 0.3) is 32.8 Å². The van der Waals surface area contributed by atoms with E-state index in [-0.39, 0.29) is 11.9 Å². The number of pyridine rings is 1. The number of hydrogen-bond donors (Lipinski definition) is 2. The molecule has 0 fully saturated rings. The van der Waals surface area contributed by atoms with Crippen LogP contribution in [-0.4, -0.2) is 21.6 Å². The lowest BCUT2D eigenvalue weighted by Gasteiger charge is -2.15. The highest BCUT2D eigenvalue weighted by atomic mass is 16.5. The van der Waals surface area contributed by atoms with Crippen molar-refractivity contribution in [3.8, 4) is 16.9 Å². The molecule has 1 unspecified atom stereocenters. The minimum absolute atomic E-state index is 0.161. The number of fused-ring (bicyclic) bond motifs is 4. The normalized spacial score (nSPS) is 16.0. The van der Waals surface area contributed by atoms with Gasteiger partial charge in [-0.05, 0) is 28.6 Å². The molecule has 4 aromatic rings. The van der Waals surface area contributed by atoms with Crippen LogP contribution in [0.1, 0.15) is 18.4 Å². The van der Waals surface area contributed by atoms with Crippen molar-refractivity contribution in [1.82, 2.24) is 15.0 Å². The molecule has 26 heavy (non-hydrogen) atoms. The summed E-state index contributed by atoms with van der Waals surface area (Å²) in [5, 5.41) is 2.97. The highest BCUT2D eigenvalue weighted by Gasteiger charge is 2.29. The smallest absolute Gasteiger partial charge is 0.222 e. The maximum Gasteiger partial charge on any atom is 0.222 e. The molecule has 0 spiro atoms. The molecule has 0 saturated carbocycles. The molecule has 1 aliphatic heterocycles. The van der Waals surface area contributed by atoms with Gasteiger partial charge in [-0.25, -0.2) is 4.98 Å². The molecule has 1 atom stereocenters. The molecule has 2 aromatic carbocycles. The Bertz CT molecular complexity index is 1180. The van der Waals surface area contributed by atoms with Gasteiger partial charge in [0.05, 0.1) is 17.5 Å². The fraction of sp³-hybridized carbons (Fsp3) is 0.150. The van der Waals surface area contributed by atoms with Crippen LogP contribution in [0.2, 0.25) is 0 Å². The van der Waals surface area contributed by atoms with E-state index >= 15 is 0 Å². The van der Waals surface area contributed by atoms with E-state index in [1.165, 1.54) is 0 Å². The predicted molar refractivity (Wildman–Crippen MR) is 103 cm³/mol. The number of benzene rings is 2. The molecule has 6 heteroatoms. The van der Waals surface area contributed by atoms with Crippen molar-refractivity contribution in [1.29, 1.82) is 0 Å². The summed E-state index contributed by atoms with van der Waals surface area (Å²) in [5.41, 5.74) is 16.0. The predicted octanol–water partition coefficient (Wildman–Crippen LogP) is 3.51. The van der Waals surface area contributed by atoms with Crippen molar-refractivity contribution in [3.63, 3.8) is 0 Å². The number of nitrogens with zero attached hydrogens (tertiary/aromatic N) is 3. The average molecular weight is 343 g/mol. The molecule has 4 N–H and O–H groups in total. The Hall–Kier alpha value is -3.41. The van der Waals surface area contributed by atoms with Crippen molar-refractivity contribution in [2.24, 2.45) is 0 Å². The summed E-state index contributed by atoms with van der Waals surface area (Å²) >= 11 is 0. The third-order valence-corrected chi connectivity index (χ3v) is 4.97. The quantitative estimate of drug-likeness (QED) is 0.548. The number of nitrogen functional groups attached to an aromatic ring is 2. The van der Waals surface area contributed by atoms with Gasteiger partial charge in [0.25, 0.3) is 0 Å². The second-order valence-corrected chi connectivity index (χ2v) is 6.64. The van der Waals surface area contributed by atoms with Gasteiger partial charge in [0, 0.05) is 29.3 Å². The summed E-state index contributed by atoms with van der Waals surface area (Å²) in [4.78, 5) is 12.7. The van der Waals surface area contributed by atoms with Gasteiger partial charge in [-0.1, -0.05) is 25.1 Å². The van der Waals surface area contributed by atoms with Gasteiger partial charge in [0.2, 0.25) is 5.95 Å². The van der Waals surface area contributed by atoms with Crippen LogP contribution in [0.3, 0.4) is 0 Å². The first kappa shape index (κ1) is 14.9. The van der Waals surface area contributed by atoms with Crippen molar-refractivity contribution in [2.75, 3.05) is 18.1 Å². The van der Waals surface area contributed by atoms with Crippen LogP contribution in [0.15, 0.2) is 42.7 Å². The monoisotopic (exact) mass is 343 g/mol. The number of anilines is 2. The summed E-state index contributed by atoms with van der Waals surface area (Å²) in [6.45, 7) is 2.76. The van der Waals surface area contributed by atoms with Crippen molar-refractivity contribution in [2.45, 2.75) is 12.8 Å². The van der Waals surface area contributed by atoms with E-state index in [0.29, 0.717) is 17.9 Å². The van der Waals surface area contributed by atoms with Gasteiger partial charge in [-0.15, -0.1) is 0 Å². The van der Waals surface area contributed by atoms with Crippen LogP contribution in [0.5, 0.6) is 5.75 Å². The van der Waals surface area contributed by atoms with E-state index in [0.717, 1.165) is 38.6 Å². The molecular formula is C20H17N5O. The maximum atomic E-state index is 6.14. The standard InChI is InChI=1S/C20H17N5O/c1-10-9-26-18-16(10)14(7-15-17(18)19(21)25-20(22)24-15)13-4-2-3-11-8-23-6-5-12(11)13/h2-8,10H,9H2,1H3,(H4,21,22,24,25). The number of nitrogens with two attached hydrogens (primary N) is 2. The Morgan fingerprint density at radius 3 is 2.88 bits per heavy atom. The number of aromatic nitrogens is 3. The first-order valence-corrected chi connectivity index (χ1v) is 8.49. The molecule has 2 aromatic heterocycles. The summed E-state index contributed by atoms with van der Waals surface area (Å²) in [5.74, 6) is 1.53. The second kappa shape index (κ2) is 5.29. The first-order valence-electron chi connectivity index (χ1n) is 8.49. The SMILES string of the molecule is CC1COc2c1c(-c1cccc3cnccc13)cc1nc(N)nc(N)c21. The fourth-order valence-electron chi connectivity index (χ4n) is 3.83. The summed E-state index contributed by atoms with van der Waals surface area (Å²) in [7, 11) is 0. The number of ether oxygens (including phenoxy) is 1. The highest BCUT2D eigenvalue weighted by molar-refractivity contribution is 6.04. The zero-order valence-electron chi connectivity index (χ0n) is 14.2. The molecule has 6 nitrogen and oxygen atoms in total. The topological polar surface area (TPSA) is 99.9 Å². The van der Waals surface area contributed by atoms with Crippen LogP contribution < -0.4 is 16.2 Å². The van der Waals surface area contributed by atoms with Crippen molar-refractivity contribution >= 4 is 33.4 Å². The molecule has 1 aliphatic rings. The third-order valence-electron chi connectivity index (χ3n) is 4.97. The van der Waals surface area contributed by atoms with Crippen molar-refractivity contribution < 1.29 is 4.74 Å². The number of hydrogen-bond acceptors (Lipinski definition) is 6. The fourth-order valence-corrected chi connectivity index (χ4v) is 3.83. The molecule has 0 aliphatic carbocycles. The van der Waals surface area contributed by atoms with E-state index in [1.54, 1.807) is 0 Å². The first-order chi connectivity index (χ1) is 12.6. The zero-order chi connectivity index (χ0) is 17.8. The van der Waals surface area contributed by atoms with Crippen LogP contribution in [0, 0.1) is 0 Å². The Morgan fingerprint density at radius 2 is 2.00 bits per heavy atom. The zero-order valence-corrected chi connectivity index (χ0v) is 14.2. The van der Waals surface area contributed by atoms with Crippen molar-refractivity contribution in [3.05, 3.63) is 48.3 Å². The lowest BCUT2D eigenvalue weighted by Crippen LogP contribution is -2.02. The lowest BCUT2D eigenvalue weighted by atomic mass is 9.89. The van der Waals surface area contributed by atoms with E-state index in [9.17, 15) is 0 Å². The summed E-state index contributed by atoms with van der Waals surface area (Å²) < 4.78 is 6.01. The largest absolute Gasteiger partial charge is 0.492 e. The number of rotatable bonds is 1. The van der Waals surface area contributed by atoms with E-state index in [2.05, 4.69) is 34.0 Å². The molecule has 0 saturated heterocycles. The van der Waals surface area contributed by atoms with Crippen LogP contribution >= 0.6 is 0 Å². The molecular weight excluding hydrogens is 326 g/mol. The van der Waals surface area contributed by atoms with Gasteiger partial charge in [-0.2, -0.15) is 4.98 Å². The molecule has 128 valence electrons. The minimum atomic E-state index is 0.161. The molecule has 3 heterocycles. The molecule has 0 bridgehead atoms. The Labute approximate surface area is 149 Å². The average Bonchev–Trinajstić information content (AvgIpc) is 3.02.